The molecule has 0 radical (unpaired) electrons. The third kappa shape index (κ3) is 4.55. The van der Waals surface area contributed by atoms with Gasteiger partial charge in [0.2, 0.25) is 0 Å². The van der Waals surface area contributed by atoms with Gasteiger partial charge in [0.1, 0.15) is 0 Å². The van der Waals surface area contributed by atoms with Crippen LogP contribution >= 0.6 is 27.7 Å². The van der Waals surface area contributed by atoms with E-state index in [0.29, 0.717) is 11.8 Å². The highest BCUT2D eigenvalue weighted by Crippen LogP contribution is 2.29. The van der Waals surface area contributed by atoms with Crippen LogP contribution in [0.1, 0.15) is 17.2 Å². The van der Waals surface area contributed by atoms with Gasteiger partial charge in [-0.15, -0.1) is 0 Å². The zero-order valence-electron chi connectivity index (χ0n) is 8.53. The zero-order valence-corrected chi connectivity index (χ0v) is 10.9. The fraction of sp³-hybridized carbons (Fsp3) is 0.455. The van der Waals surface area contributed by atoms with Gasteiger partial charge in [-0.25, -0.2) is 0 Å². The summed E-state index contributed by atoms with van der Waals surface area (Å²) in [5, 5.41) is 9.04. The number of rotatable bonds is 6. The highest BCUT2D eigenvalue weighted by Gasteiger charge is 2.09. The Morgan fingerprint density at radius 2 is 2.27 bits per heavy atom. The molecule has 3 N–H and O–H groups in total. The average molecular weight is 290 g/mol. The third-order valence-corrected chi connectivity index (χ3v) is 3.94. The summed E-state index contributed by atoms with van der Waals surface area (Å²) in [4.78, 5) is 0. The van der Waals surface area contributed by atoms with E-state index in [9.17, 15) is 0 Å². The number of nitrogens with two attached hydrogens (primary N) is 1. The average Bonchev–Trinajstić information content (AvgIpc) is 2.24. The molecule has 1 rings (SSSR count). The first-order valence-corrected chi connectivity index (χ1v) is 6.80. The zero-order chi connectivity index (χ0) is 11.1. The molecule has 1 aromatic carbocycles. The smallest absolute Gasteiger partial charge is 0.0438 e. The molecule has 0 heterocycles. The molecule has 0 aromatic heterocycles. The van der Waals surface area contributed by atoms with Gasteiger partial charge in [-0.2, -0.15) is 11.8 Å². The van der Waals surface area contributed by atoms with Crippen LogP contribution in [0.5, 0.6) is 0 Å². The van der Waals surface area contributed by atoms with Crippen LogP contribution in [0, 0.1) is 0 Å². The molecule has 0 aliphatic carbocycles. The van der Waals surface area contributed by atoms with Crippen molar-refractivity contribution in [2.75, 3.05) is 18.9 Å². The molecule has 0 amide bonds. The molecule has 84 valence electrons. The van der Waals surface area contributed by atoms with Gasteiger partial charge in [-0.3, -0.25) is 0 Å². The van der Waals surface area contributed by atoms with Crippen molar-refractivity contribution < 1.29 is 5.11 Å². The monoisotopic (exact) mass is 289 g/mol. The lowest BCUT2D eigenvalue weighted by Gasteiger charge is -2.14. The minimum absolute atomic E-state index is 0.253. The largest absolute Gasteiger partial charge is 0.396 e. The van der Waals surface area contributed by atoms with Crippen molar-refractivity contribution in [2.45, 2.75) is 11.7 Å². The van der Waals surface area contributed by atoms with Crippen LogP contribution < -0.4 is 5.73 Å². The summed E-state index contributed by atoms with van der Waals surface area (Å²) >= 11 is 5.25. The van der Waals surface area contributed by atoms with E-state index in [4.69, 9.17) is 10.8 Å². The highest BCUT2D eigenvalue weighted by molar-refractivity contribution is 9.10. The molecule has 0 aliphatic heterocycles. The molecule has 0 spiro atoms. The lowest BCUT2D eigenvalue weighted by atomic mass is 10.1. The van der Waals surface area contributed by atoms with E-state index >= 15 is 0 Å². The second kappa shape index (κ2) is 7.28. The van der Waals surface area contributed by atoms with Crippen LogP contribution in [-0.4, -0.2) is 24.0 Å². The first kappa shape index (κ1) is 13.0. The molecular weight excluding hydrogens is 274 g/mol. The lowest BCUT2D eigenvalue weighted by molar-refractivity contribution is 0.296. The number of benzene rings is 1. The predicted molar refractivity (Wildman–Crippen MR) is 70.1 cm³/mol. The van der Waals surface area contributed by atoms with Crippen molar-refractivity contribution in [3.05, 3.63) is 34.3 Å². The van der Waals surface area contributed by atoms with E-state index in [1.165, 1.54) is 5.56 Å². The first-order chi connectivity index (χ1) is 7.27. The molecule has 0 saturated heterocycles. The third-order valence-electron chi connectivity index (χ3n) is 2.06. The van der Waals surface area contributed by atoms with E-state index in [2.05, 4.69) is 28.1 Å². The molecule has 0 aliphatic rings. The maximum absolute atomic E-state index is 8.71. The minimum Gasteiger partial charge on any atom is -0.396 e. The van der Waals surface area contributed by atoms with Gasteiger partial charge in [-0.05, 0) is 29.9 Å². The van der Waals surface area contributed by atoms with Crippen LogP contribution in [0.15, 0.2) is 28.7 Å². The number of halogens is 1. The Hall–Kier alpha value is -0.0300. The van der Waals surface area contributed by atoms with Gasteiger partial charge in [0.25, 0.3) is 0 Å². The van der Waals surface area contributed by atoms with Crippen molar-refractivity contribution in [1.82, 2.24) is 0 Å². The summed E-state index contributed by atoms with van der Waals surface area (Å²) < 4.78 is 1.08. The van der Waals surface area contributed by atoms with Gasteiger partial charge < -0.3 is 10.8 Å². The first-order valence-electron chi connectivity index (χ1n) is 4.96. The summed E-state index contributed by atoms with van der Waals surface area (Å²) in [6.07, 6.45) is 0.829. The van der Waals surface area contributed by atoms with Crippen LogP contribution in [0.2, 0.25) is 0 Å². The van der Waals surface area contributed by atoms with Gasteiger partial charge >= 0.3 is 0 Å². The Balaban J connectivity index is 2.57. The molecule has 1 aromatic rings. The topological polar surface area (TPSA) is 46.2 Å². The Morgan fingerprint density at radius 3 is 2.87 bits per heavy atom. The van der Waals surface area contributed by atoms with Crippen molar-refractivity contribution in [3.8, 4) is 0 Å². The second-order valence-electron chi connectivity index (χ2n) is 3.23. The summed E-state index contributed by atoms with van der Waals surface area (Å²) in [6, 6.07) is 8.22. The van der Waals surface area contributed by atoms with Crippen LogP contribution in [0.25, 0.3) is 0 Å². The quantitative estimate of drug-likeness (QED) is 0.792. The minimum atomic E-state index is 0.253. The van der Waals surface area contributed by atoms with E-state index in [1.54, 1.807) is 11.8 Å². The van der Waals surface area contributed by atoms with Gasteiger partial charge in [0.05, 0.1) is 0 Å². The van der Waals surface area contributed by atoms with E-state index in [-0.39, 0.29) is 6.61 Å². The Labute approximate surface area is 103 Å². The van der Waals surface area contributed by atoms with E-state index in [1.807, 2.05) is 12.1 Å². The van der Waals surface area contributed by atoms with Crippen molar-refractivity contribution in [1.29, 1.82) is 0 Å². The molecule has 1 atom stereocenters. The van der Waals surface area contributed by atoms with E-state index < -0.39 is 0 Å². The number of thioether (sulfide) groups is 1. The Morgan fingerprint density at radius 1 is 1.47 bits per heavy atom. The maximum atomic E-state index is 8.71. The molecule has 0 saturated carbocycles. The summed E-state index contributed by atoms with van der Waals surface area (Å²) in [5.41, 5.74) is 6.98. The molecule has 2 nitrogen and oxygen atoms in total. The fourth-order valence-corrected chi connectivity index (χ4v) is 2.77. The molecule has 0 fully saturated rings. The Kier molecular flexibility index (Phi) is 6.32. The number of aliphatic hydroxyl groups is 1. The number of hydrogen-bond acceptors (Lipinski definition) is 3. The predicted octanol–water partition coefficient (Wildman–Crippen LogP) is 2.56. The second-order valence-corrected chi connectivity index (χ2v) is 5.45. The lowest BCUT2D eigenvalue weighted by Crippen LogP contribution is -2.10. The van der Waals surface area contributed by atoms with Crippen LogP contribution in [-0.2, 0) is 0 Å². The van der Waals surface area contributed by atoms with Gasteiger partial charge in [0, 0.05) is 22.9 Å². The molecule has 1 unspecified atom stereocenters. The van der Waals surface area contributed by atoms with E-state index in [0.717, 1.165) is 16.6 Å². The molecule has 15 heavy (non-hydrogen) atoms. The van der Waals surface area contributed by atoms with Gasteiger partial charge in [0.15, 0.2) is 0 Å². The van der Waals surface area contributed by atoms with Crippen LogP contribution in [0.3, 0.4) is 0 Å². The van der Waals surface area contributed by atoms with Crippen LogP contribution in [0.4, 0.5) is 0 Å². The highest BCUT2D eigenvalue weighted by atomic mass is 79.9. The Bertz CT molecular complexity index is 296. The maximum Gasteiger partial charge on any atom is 0.0438 e. The van der Waals surface area contributed by atoms with Gasteiger partial charge in [-0.1, -0.05) is 28.1 Å². The van der Waals surface area contributed by atoms with Crippen molar-refractivity contribution in [2.24, 2.45) is 5.73 Å². The summed E-state index contributed by atoms with van der Waals surface area (Å²) in [7, 11) is 0. The molecular formula is C11H16BrNOS. The van der Waals surface area contributed by atoms with Crippen molar-refractivity contribution >= 4 is 27.7 Å². The SMILES string of the molecule is NCC(SCCCO)c1cccc(Br)c1. The fourth-order valence-electron chi connectivity index (χ4n) is 1.30. The number of aliphatic hydroxyl groups excluding tert-OH is 1. The normalized spacial score (nSPS) is 12.7. The standard InChI is InChI=1S/C11H16BrNOS/c12-10-4-1-3-9(7-10)11(8-13)15-6-2-5-14/h1,3-4,7,11,14H,2,5-6,8,13H2. The summed E-state index contributed by atoms with van der Waals surface area (Å²) in [6.45, 7) is 0.884. The summed E-state index contributed by atoms with van der Waals surface area (Å²) in [5.74, 6) is 0.949. The molecule has 4 heteroatoms. The number of hydrogen-bond donors (Lipinski definition) is 2. The molecule has 0 bridgehead atoms. The van der Waals surface area contributed by atoms with Crippen molar-refractivity contribution in [3.63, 3.8) is 0 Å².